The van der Waals surface area contributed by atoms with Crippen molar-refractivity contribution in [1.29, 1.82) is 0 Å². The van der Waals surface area contributed by atoms with Crippen LogP contribution in [-0.4, -0.2) is 16.7 Å². The summed E-state index contributed by atoms with van der Waals surface area (Å²) >= 11 is 1.59. The molecular formula is C13H22N2O2S. The van der Waals surface area contributed by atoms with Gasteiger partial charge < -0.3 is 10.1 Å². The van der Waals surface area contributed by atoms with Gasteiger partial charge in [0, 0.05) is 5.38 Å². The lowest BCUT2D eigenvalue weighted by atomic mass is 10.2. The standard InChI is InChI=1S/C13H22N2O2S/c1-6-9-8-18-11(14-9)10(7-2)15-12(16)17-13(3,4)5/h8,10H,6-7H2,1-5H3,(H,15,16)/t10-/m1/s1. The number of rotatable bonds is 4. The van der Waals surface area contributed by atoms with E-state index in [1.807, 2.05) is 33.1 Å². The highest BCUT2D eigenvalue weighted by Crippen LogP contribution is 2.22. The number of nitrogens with one attached hydrogen (secondary N) is 1. The van der Waals surface area contributed by atoms with Crippen LogP contribution in [0, 0.1) is 0 Å². The van der Waals surface area contributed by atoms with Crippen molar-refractivity contribution in [3.05, 3.63) is 16.1 Å². The van der Waals surface area contributed by atoms with Crippen LogP contribution >= 0.6 is 11.3 Å². The smallest absolute Gasteiger partial charge is 0.408 e. The number of carbonyl (C=O) groups excluding carboxylic acids is 1. The lowest BCUT2D eigenvalue weighted by molar-refractivity contribution is 0.0502. The van der Waals surface area contributed by atoms with Crippen molar-refractivity contribution in [3.8, 4) is 0 Å². The van der Waals surface area contributed by atoms with Crippen LogP contribution in [-0.2, 0) is 11.2 Å². The Morgan fingerprint density at radius 1 is 1.50 bits per heavy atom. The Hall–Kier alpha value is -1.10. The molecule has 1 amide bonds. The summed E-state index contributed by atoms with van der Waals surface area (Å²) in [6.45, 7) is 9.65. The molecule has 0 aliphatic rings. The second kappa shape index (κ2) is 6.18. The minimum Gasteiger partial charge on any atom is -0.444 e. The molecule has 0 aliphatic heterocycles. The van der Waals surface area contributed by atoms with E-state index in [9.17, 15) is 4.79 Å². The number of thiazole rings is 1. The van der Waals surface area contributed by atoms with Gasteiger partial charge in [-0.3, -0.25) is 0 Å². The van der Waals surface area contributed by atoms with E-state index in [0.29, 0.717) is 0 Å². The fraction of sp³-hybridized carbons (Fsp3) is 0.692. The molecule has 0 spiro atoms. The summed E-state index contributed by atoms with van der Waals surface area (Å²) in [6, 6.07) is -0.0647. The monoisotopic (exact) mass is 270 g/mol. The lowest BCUT2D eigenvalue weighted by Gasteiger charge is -2.22. The maximum Gasteiger partial charge on any atom is 0.408 e. The number of aryl methyl sites for hydroxylation is 1. The molecule has 0 aromatic carbocycles. The van der Waals surface area contributed by atoms with E-state index in [1.165, 1.54) is 0 Å². The van der Waals surface area contributed by atoms with Crippen molar-refractivity contribution in [3.63, 3.8) is 0 Å². The number of hydrogen-bond donors (Lipinski definition) is 1. The Morgan fingerprint density at radius 3 is 2.61 bits per heavy atom. The zero-order valence-corrected chi connectivity index (χ0v) is 12.6. The zero-order valence-electron chi connectivity index (χ0n) is 11.7. The lowest BCUT2D eigenvalue weighted by Crippen LogP contribution is -2.34. The van der Waals surface area contributed by atoms with Gasteiger partial charge in [-0.15, -0.1) is 11.3 Å². The van der Waals surface area contributed by atoms with Gasteiger partial charge in [0.05, 0.1) is 11.7 Å². The van der Waals surface area contributed by atoms with Gasteiger partial charge in [0.15, 0.2) is 0 Å². The average Bonchev–Trinajstić information content (AvgIpc) is 2.71. The first kappa shape index (κ1) is 15.0. The van der Waals surface area contributed by atoms with Crippen molar-refractivity contribution in [1.82, 2.24) is 10.3 Å². The van der Waals surface area contributed by atoms with Crippen LogP contribution < -0.4 is 5.32 Å². The fourth-order valence-corrected chi connectivity index (χ4v) is 2.47. The van der Waals surface area contributed by atoms with Crippen LogP contribution in [0.3, 0.4) is 0 Å². The molecule has 1 aromatic rings. The van der Waals surface area contributed by atoms with E-state index in [0.717, 1.165) is 23.5 Å². The summed E-state index contributed by atoms with van der Waals surface area (Å²) in [6.07, 6.45) is 1.33. The Balaban J connectivity index is 2.64. The summed E-state index contributed by atoms with van der Waals surface area (Å²) < 4.78 is 5.25. The molecule has 1 atom stereocenters. The second-order valence-corrected chi connectivity index (χ2v) is 6.03. The summed E-state index contributed by atoms with van der Waals surface area (Å²) in [5.41, 5.74) is 0.597. The SMILES string of the molecule is CCc1csc([C@@H](CC)NC(=O)OC(C)(C)C)n1. The van der Waals surface area contributed by atoms with Gasteiger partial charge in [0.2, 0.25) is 0 Å². The van der Waals surface area contributed by atoms with Crippen LogP contribution in [0.1, 0.15) is 57.8 Å². The van der Waals surface area contributed by atoms with Gasteiger partial charge in [0.25, 0.3) is 0 Å². The van der Waals surface area contributed by atoms with Crippen LogP contribution in [0.2, 0.25) is 0 Å². The maximum absolute atomic E-state index is 11.7. The molecule has 0 fully saturated rings. The van der Waals surface area contributed by atoms with Gasteiger partial charge >= 0.3 is 6.09 Å². The molecule has 5 heteroatoms. The Morgan fingerprint density at radius 2 is 2.17 bits per heavy atom. The van der Waals surface area contributed by atoms with Crippen molar-refractivity contribution in [2.24, 2.45) is 0 Å². The van der Waals surface area contributed by atoms with Gasteiger partial charge in [-0.05, 0) is 33.6 Å². The zero-order chi connectivity index (χ0) is 13.8. The van der Waals surface area contributed by atoms with E-state index in [2.05, 4.69) is 17.2 Å². The van der Waals surface area contributed by atoms with Gasteiger partial charge in [-0.1, -0.05) is 13.8 Å². The van der Waals surface area contributed by atoms with Crippen LogP contribution in [0.15, 0.2) is 5.38 Å². The first-order valence-electron chi connectivity index (χ1n) is 6.29. The molecular weight excluding hydrogens is 248 g/mol. The van der Waals surface area contributed by atoms with Gasteiger partial charge in [-0.25, -0.2) is 9.78 Å². The van der Waals surface area contributed by atoms with Crippen molar-refractivity contribution in [2.75, 3.05) is 0 Å². The molecule has 102 valence electrons. The Bertz CT molecular complexity index is 396. The predicted octanol–water partition coefficient (Wildman–Crippen LogP) is 3.68. The molecule has 4 nitrogen and oxygen atoms in total. The number of ether oxygens (including phenoxy) is 1. The molecule has 1 rings (SSSR count). The van der Waals surface area contributed by atoms with Crippen LogP contribution in [0.5, 0.6) is 0 Å². The highest BCUT2D eigenvalue weighted by atomic mass is 32.1. The number of nitrogens with zero attached hydrogens (tertiary/aromatic N) is 1. The van der Waals surface area contributed by atoms with Crippen LogP contribution in [0.25, 0.3) is 0 Å². The number of hydrogen-bond acceptors (Lipinski definition) is 4. The number of amides is 1. The topological polar surface area (TPSA) is 51.2 Å². The molecule has 0 saturated heterocycles. The molecule has 18 heavy (non-hydrogen) atoms. The summed E-state index contributed by atoms with van der Waals surface area (Å²) in [7, 11) is 0. The Kier molecular flexibility index (Phi) is 5.14. The van der Waals surface area contributed by atoms with E-state index >= 15 is 0 Å². The average molecular weight is 270 g/mol. The molecule has 0 radical (unpaired) electrons. The molecule has 0 unspecified atom stereocenters. The van der Waals surface area contributed by atoms with Crippen LogP contribution in [0.4, 0.5) is 4.79 Å². The van der Waals surface area contributed by atoms with Gasteiger partial charge in [0.1, 0.15) is 10.6 Å². The molecule has 0 bridgehead atoms. The number of carbonyl (C=O) groups is 1. The van der Waals surface area contributed by atoms with E-state index in [-0.39, 0.29) is 12.1 Å². The summed E-state index contributed by atoms with van der Waals surface area (Å²) in [4.78, 5) is 16.2. The molecule has 1 heterocycles. The summed E-state index contributed by atoms with van der Waals surface area (Å²) in [5.74, 6) is 0. The predicted molar refractivity (Wildman–Crippen MR) is 73.9 cm³/mol. The first-order valence-corrected chi connectivity index (χ1v) is 7.17. The van der Waals surface area contributed by atoms with E-state index in [1.54, 1.807) is 11.3 Å². The number of alkyl carbamates (subject to hydrolysis) is 1. The third-order valence-electron chi connectivity index (χ3n) is 2.33. The third-order valence-corrected chi connectivity index (χ3v) is 3.34. The van der Waals surface area contributed by atoms with E-state index < -0.39 is 5.60 Å². The minimum absolute atomic E-state index is 0.0647. The van der Waals surface area contributed by atoms with Crippen molar-refractivity contribution < 1.29 is 9.53 Å². The fourth-order valence-electron chi connectivity index (χ4n) is 1.43. The highest BCUT2D eigenvalue weighted by molar-refractivity contribution is 7.09. The molecule has 1 N–H and O–H groups in total. The second-order valence-electron chi connectivity index (χ2n) is 5.14. The molecule has 0 aliphatic carbocycles. The quantitative estimate of drug-likeness (QED) is 0.908. The Labute approximate surface area is 113 Å². The molecule has 0 saturated carbocycles. The maximum atomic E-state index is 11.7. The normalized spacial score (nSPS) is 13.2. The van der Waals surface area contributed by atoms with E-state index in [4.69, 9.17) is 4.74 Å². The van der Waals surface area contributed by atoms with Crippen molar-refractivity contribution >= 4 is 17.4 Å². The molecule has 1 aromatic heterocycles. The third kappa shape index (κ3) is 4.64. The number of aromatic nitrogens is 1. The van der Waals surface area contributed by atoms with Crippen molar-refractivity contribution in [2.45, 2.75) is 59.1 Å². The summed E-state index contributed by atoms with van der Waals surface area (Å²) in [5, 5.41) is 5.84. The van der Waals surface area contributed by atoms with Gasteiger partial charge in [-0.2, -0.15) is 0 Å². The largest absolute Gasteiger partial charge is 0.444 e. The first-order chi connectivity index (χ1) is 8.35. The highest BCUT2D eigenvalue weighted by Gasteiger charge is 2.21. The minimum atomic E-state index is -0.472.